The van der Waals surface area contributed by atoms with Gasteiger partial charge in [-0.25, -0.2) is 0 Å². The van der Waals surface area contributed by atoms with Crippen LogP contribution >= 0.6 is 0 Å². The molecule has 0 amide bonds. The van der Waals surface area contributed by atoms with Crippen molar-refractivity contribution in [3.63, 3.8) is 0 Å². The second kappa shape index (κ2) is 5.07. The summed E-state index contributed by atoms with van der Waals surface area (Å²) >= 11 is 0. The van der Waals surface area contributed by atoms with Crippen LogP contribution in [-0.2, 0) is 11.2 Å². The molecule has 0 bridgehead atoms. The summed E-state index contributed by atoms with van der Waals surface area (Å²) in [6.45, 7) is 3.98. The second-order valence-corrected chi connectivity index (χ2v) is 5.32. The summed E-state index contributed by atoms with van der Waals surface area (Å²) in [6, 6.07) is 7.55. The molecule has 1 aliphatic rings. The zero-order valence-corrected chi connectivity index (χ0v) is 10.6. The van der Waals surface area contributed by atoms with Crippen LogP contribution in [0, 0.1) is 5.92 Å². The number of ether oxygens (including phenoxy) is 1. The van der Waals surface area contributed by atoms with Crippen LogP contribution in [-0.4, -0.2) is 30.9 Å². The van der Waals surface area contributed by atoms with Crippen molar-refractivity contribution in [1.29, 1.82) is 0 Å². The lowest BCUT2D eigenvalue weighted by Gasteiger charge is -2.23. The largest absolute Gasteiger partial charge is 0.508 e. The smallest absolute Gasteiger partial charge is 0.115 e. The molecule has 0 radical (unpaired) electrons. The molecule has 0 aliphatic carbocycles. The average Bonchev–Trinajstić information content (AvgIpc) is 2.60. The van der Waals surface area contributed by atoms with Crippen LogP contribution in [0.2, 0.25) is 0 Å². The van der Waals surface area contributed by atoms with Crippen LogP contribution in [0.3, 0.4) is 0 Å². The highest BCUT2D eigenvalue weighted by molar-refractivity contribution is 5.27. The van der Waals surface area contributed by atoms with E-state index in [2.05, 4.69) is 18.3 Å². The molecule has 2 rings (SSSR count). The Kier molecular flexibility index (Phi) is 3.69. The summed E-state index contributed by atoms with van der Waals surface area (Å²) in [5, 5.41) is 13.0. The maximum Gasteiger partial charge on any atom is 0.115 e. The fraction of sp³-hybridized carbons (Fsp3) is 0.571. The molecular formula is C14H21NO2. The highest BCUT2D eigenvalue weighted by atomic mass is 16.5. The SMILES string of the molecule is COCC1(C)CC(Cc2cccc(O)c2)CN1. The molecule has 2 atom stereocenters. The Balaban J connectivity index is 1.94. The van der Waals surface area contributed by atoms with E-state index in [9.17, 15) is 5.11 Å². The molecule has 2 N–H and O–H groups in total. The first-order valence-electron chi connectivity index (χ1n) is 6.13. The minimum absolute atomic E-state index is 0.107. The highest BCUT2D eigenvalue weighted by Crippen LogP contribution is 2.27. The molecule has 3 heteroatoms. The fourth-order valence-corrected chi connectivity index (χ4v) is 2.76. The Bertz CT molecular complexity index is 380. The number of phenols is 1. The number of hydrogen-bond donors (Lipinski definition) is 2. The zero-order valence-electron chi connectivity index (χ0n) is 10.6. The Morgan fingerprint density at radius 1 is 1.53 bits per heavy atom. The van der Waals surface area contributed by atoms with Gasteiger partial charge in [0.15, 0.2) is 0 Å². The van der Waals surface area contributed by atoms with Gasteiger partial charge in [-0.2, -0.15) is 0 Å². The number of nitrogens with one attached hydrogen (secondary N) is 1. The zero-order chi connectivity index (χ0) is 12.3. The number of rotatable bonds is 4. The van der Waals surface area contributed by atoms with E-state index in [1.807, 2.05) is 12.1 Å². The van der Waals surface area contributed by atoms with E-state index in [1.165, 1.54) is 5.56 Å². The third kappa shape index (κ3) is 3.20. The average molecular weight is 235 g/mol. The molecule has 3 nitrogen and oxygen atoms in total. The lowest BCUT2D eigenvalue weighted by Crippen LogP contribution is -2.40. The number of hydrogen-bond acceptors (Lipinski definition) is 3. The van der Waals surface area contributed by atoms with E-state index in [0.717, 1.165) is 26.0 Å². The maximum atomic E-state index is 9.44. The van der Waals surface area contributed by atoms with Crippen LogP contribution in [0.15, 0.2) is 24.3 Å². The molecule has 0 aromatic heterocycles. The van der Waals surface area contributed by atoms with Gasteiger partial charge < -0.3 is 15.2 Å². The highest BCUT2D eigenvalue weighted by Gasteiger charge is 2.34. The van der Waals surface area contributed by atoms with E-state index >= 15 is 0 Å². The van der Waals surface area contributed by atoms with E-state index in [4.69, 9.17) is 4.74 Å². The van der Waals surface area contributed by atoms with Crippen molar-refractivity contribution in [2.24, 2.45) is 5.92 Å². The summed E-state index contributed by atoms with van der Waals surface area (Å²) in [5.74, 6) is 0.977. The van der Waals surface area contributed by atoms with Gasteiger partial charge in [0.2, 0.25) is 0 Å². The number of benzene rings is 1. The first-order chi connectivity index (χ1) is 8.11. The lowest BCUT2D eigenvalue weighted by atomic mass is 9.91. The van der Waals surface area contributed by atoms with Crippen molar-refractivity contribution in [2.45, 2.75) is 25.3 Å². The van der Waals surface area contributed by atoms with Crippen LogP contribution < -0.4 is 5.32 Å². The van der Waals surface area contributed by atoms with Gasteiger partial charge in [0, 0.05) is 12.6 Å². The molecular weight excluding hydrogens is 214 g/mol. The summed E-state index contributed by atoms with van der Waals surface area (Å²) < 4.78 is 5.24. The van der Waals surface area contributed by atoms with Gasteiger partial charge in [-0.05, 0) is 49.9 Å². The van der Waals surface area contributed by atoms with Gasteiger partial charge in [0.25, 0.3) is 0 Å². The van der Waals surface area contributed by atoms with Gasteiger partial charge in [-0.1, -0.05) is 12.1 Å². The normalized spacial score (nSPS) is 28.5. The minimum atomic E-state index is 0.107. The van der Waals surface area contributed by atoms with Gasteiger partial charge in [0.1, 0.15) is 5.75 Å². The second-order valence-electron chi connectivity index (χ2n) is 5.32. The number of aromatic hydroxyl groups is 1. The molecule has 0 spiro atoms. The molecule has 1 fully saturated rings. The van der Waals surface area contributed by atoms with Crippen molar-refractivity contribution in [3.05, 3.63) is 29.8 Å². The quantitative estimate of drug-likeness (QED) is 0.838. The van der Waals surface area contributed by atoms with Crippen LogP contribution in [0.5, 0.6) is 5.75 Å². The van der Waals surface area contributed by atoms with Gasteiger partial charge in [-0.15, -0.1) is 0 Å². The molecule has 1 aromatic rings. The molecule has 2 unspecified atom stereocenters. The molecule has 1 saturated heterocycles. The van der Waals surface area contributed by atoms with Crippen molar-refractivity contribution >= 4 is 0 Å². The van der Waals surface area contributed by atoms with Crippen molar-refractivity contribution in [2.75, 3.05) is 20.3 Å². The molecule has 0 saturated carbocycles. The topological polar surface area (TPSA) is 41.5 Å². The predicted molar refractivity (Wildman–Crippen MR) is 68.2 cm³/mol. The first-order valence-corrected chi connectivity index (χ1v) is 6.13. The summed E-state index contributed by atoms with van der Waals surface area (Å²) in [5.41, 5.74) is 1.31. The van der Waals surface area contributed by atoms with Crippen molar-refractivity contribution in [3.8, 4) is 5.75 Å². The van der Waals surface area contributed by atoms with E-state index < -0.39 is 0 Å². The Hall–Kier alpha value is -1.06. The molecule has 1 aromatic carbocycles. The van der Waals surface area contributed by atoms with Crippen LogP contribution in [0.25, 0.3) is 0 Å². The maximum absolute atomic E-state index is 9.44. The monoisotopic (exact) mass is 235 g/mol. The first kappa shape index (κ1) is 12.4. The number of methoxy groups -OCH3 is 1. The van der Waals surface area contributed by atoms with Gasteiger partial charge in [0.05, 0.1) is 6.61 Å². The molecule has 17 heavy (non-hydrogen) atoms. The summed E-state index contributed by atoms with van der Waals surface area (Å²) in [4.78, 5) is 0. The van der Waals surface area contributed by atoms with Crippen LogP contribution in [0.4, 0.5) is 0 Å². The van der Waals surface area contributed by atoms with Gasteiger partial charge >= 0.3 is 0 Å². The third-order valence-corrected chi connectivity index (χ3v) is 3.45. The molecule has 1 aliphatic heterocycles. The molecule has 94 valence electrons. The number of phenolic OH excluding ortho intramolecular Hbond substituents is 1. The predicted octanol–water partition coefficient (Wildman–Crippen LogP) is 1.95. The van der Waals surface area contributed by atoms with E-state index in [-0.39, 0.29) is 5.54 Å². The van der Waals surface area contributed by atoms with E-state index in [1.54, 1.807) is 13.2 Å². The fourth-order valence-electron chi connectivity index (χ4n) is 2.76. The van der Waals surface area contributed by atoms with Crippen LogP contribution in [0.1, 0.15) is 18.9 Å². The Morgan fingerprint density at radius 3 is 3.06 bits per heavy atom. The van der Waals surface area contributed by atoms with E-state index in [0.29, 0.717) is 11.7 Å². The lowest BCUT2D eigenvalue weighted by molar-refractivity contribution is 0.128. The summed E-state index contributed by atoms with van der Waals surface area (Å²) in [6.07, 6.45) is 2.14. The summed E-state index contributed by atoms with van der Waals surface area (Å²) in [7, 11) is 1.75. The third-order valence-electron chi connectivity index (χ3n) is 3.45. The van der Waals surface area contributed by atoms with Crippen molar-refractivity contribution < 1.29 is 9.84 Å². The minimum Gasteiger partial charge on any atom is -0.508 e. The molecule has 1 heterocycles. The van der Waals surface area contributed by atoms with Crippen molar-refractivity contribution in [1.82, 2.24) is 5.32 Å². The Labute approximate surface area is 103 Å². The standard InChI is InChI=1S/C14H21NO2/c1-14(10-17-2)8-12(9-15-14)6-11-4-3-5-13(16)7-11/h3-5,7,12,15-16H,6,8-10H2,1-2H3. The Morgan fingerprint density at radius 2 is 2.35 bits per heavy atom. The van der Waals surface area contributed by atoms with Gasteiger partial charge in [-0.3, -0.25) is 0 Å².